The lowest BCUT2D eigenvalue weighted by Gasteiger charge is -2.09. The van der Waals surface area contributed by atoms with Gasteiger partial charge in [-0.15, -0.1) is 0 Å². The van der Waals surface area contributed by atoms with Gasteiger partial charge in [-0.25, -0.2) is 4.98 Å². The zero-order valence-corrected chi connectivity index (χ0v) is 11.5. The van der Waals surface area contributed by atoms with Crippen molar-refractivity contribution in [1.82, 2.24) is 10.3 Å². The molecule has 0 atom stereocenters. The second-order valence-electron chi connectivity index (χ2n) is 3.63. The van der Waals surface area contributed by atoms with Gasteiger partial charge in [0, 0.05) is 6.54 Å². The van der Waals surface area contributed by atoms with E-state index < -0.39 is 0 Å². The molecule has 0 aliphatic heterocycles. The van der Waals surface area contributed by atoms with Crippen molar-refractivity contribution in [2.45, 2.75) is 19.8 Å². The van der Waals surface area contributed by atoms with Crippen molar-refractivity contribution in [2.24, 2.45) is 0 Å². The van der Waals surface area contributed by atoms with Crippen LogP contribution in [0.4, 0.5) is 5.69 Å². The van der Waals surface area contributed by atoms with Gasteiger partial charge in [0.15, 0.2) is 6.61 Å². The molecule has 0 aliphatic carbocycles. The Balaban J connectivity index is 2.49. The molecular weight excluding hydrogens is 277 g/mol. The number of ether oxygens (including phenoxy) is 1. The van der Waals surface area contributed by atoms with Crippen LogP contribution in [0.5, 0.6) is 5.88 Å². The minimum atomic E-state index is -0.227. The Bertz CT molecular complexity index is 427. The Kier molecular flexibility index (Phi) is 6.01. The first-order valence-electron chi connectivity index (χ1n) is 5.55. The molecule has 0 fully saturated rings. The quantitative estimate of drug-likeness (QED) is 0.788. The van der Waals surface area contributed by atoms with Crippen molar-refractivity contribution in [3.8, 4) is 5.88 Å². The molecule has 1 amide bonds. The molecule has 0 saturated carbocycles. The molecule has 0 radical (unpaired) electrons. The Labute approximate surface area is 116 Å². The molecule has 1 aromatic heterocycles. The van der Waals surface area contributed by atoms with Crippen molar-refractivity contribution in [3.63, 3.8) is 0 Å². The van der Waals surface area contributed by atoms with Crippen molar-refractivity contribution in [3.05, 3.63) is 16.2 Å². The van der Waals surface area contributed by atoms with Gasteiger partial charge in [-0.05, 0) is 6.42 Å². The summed E-state index contributed by atoms with van der Waals surface area (Å²) in [7, 11) is 0. The van der Waals surface area contributed by atoms with Gasteiger partial charge in [-0.3, -0.25) is 4.79 Å². The van der Waals surface area contributed by atoms with Gasteiger partial charge in [-0.2, -0.15) is 0 Å². The number of pyridine rings is 1. The molecule has 0 saturated heterocycles. The van der Waals surface area contributed by atoms with Gasteiger partial charge in [0.1, 0.15) is 5.02 Å². The van der Waals surface area contributed by atoms with E-state index in [1.54, 1.807) is 0 Å². The van der Waals surface area contributed by atoms with Crippen LogP contribution >= 0.6 is 23.2 Å². The number of halogens is 2. The molecule has 100 valence electrons. The highest BCUT2D eigenvalue weighted by molar-refractivity contribution is 6.39. The summed E-state index contributed by atoms with van der Waals surface area (Å²) in [6.45, 7) is 2.52. The number of rotatable bonds is 6. The Morgan fingerprint density at radius 3 is 2.94 bits per heavy atom. The summed E-state index contributed by atoms with van der Waals surface area (Å²) < 4.78 is 5.17. The predicted octanol–water partition coefficient (Wildman–Crippen LogP) is 2.27. The number of nitrogens with two attached hydrogens (primary N) is 1. The highest BCUT2D eigenvalue weighted by atomic mass is 35.5. The van der Waals surface area contributed by atoms with Crippen LogP contribution in [-0.4, -0.2) is 24.0 Å². The van der Waals surface area contributed by atoms with Gasteiger partial charge in [0.05, 0.1) is 16.9 Å². The van der Waals surface area contributed by atoms with E-state index >= 15 is 0 Å². The maximum atomic E-state index is 11.4. The number of amides is 1. The van der Waals surface area contributed by atoms with Crippen molar-refractivity contribution in [1.29, 1.82) is 0 Å². The molecule has 1 aromatic rings. The maximum Gasteiger partial charge on any atom is 0.258 e. The largest absolute Gasteiger partial charge is 0.466 e. The summed E-state index contributed by atoms with van der Waals surface area (Å²) in [5, 5.41) is 3.07. The lowest BCUT2D eigenvalue weighted by molar-refractivity contribution is -0.123. The molecule has 7 heteroatoms. The van der Waals surface area contributed by atoms with E-state index in [1.165, 1.54) is 6.20 Å². The van der Waals surface area contributed by atoms with Crippen molar-refractivity contribution in [2.75, 3.05) is 18.9 Å². The standard InChI is InChI=1S/C11H15Cl2N3O2/c1-2-3-4-15-8(17)6-18-11-9(13)10(14)7(12)5-16-11/h5H,2-4,6H2,1H3,(H2,14,16)(H,15,17). The summed E-state index contributed by atoms with van der Waals surface area (Å²) in [6.07, 6.45) is 3.27. The summed E-state index contributed by atoms with van der Waals surface area (Å²) in [4.78, 5) is 15.3. The fourth-order valence-electron chi connectivity index (χ4n) is 1.15. The number of nitrogen functional groups attached to an aromatic ring is 1. The average molecular weight is 292 g/mol. The molecule has 0 aliphatic rings. The second-order valence-corrected chi connectivity index (χ2v) is 4.42. The average Bonchev–Trinajstić information content (AvgIpc) is 2.35. The fraction of sp³-hybridized carbons (Fsp3) is 0.455. The van der Waals surface area contributed by atoms with Crippen LogP contribution in [0.25, 0.3) is 0 Å². The van der Waals surface area contributed by atoms with Crippen LogP contribution in [0, 0.1) is 0 Å². The van der Waals surface area contributed by atoms with Gasteiger partial charge in [0.2, 0.25) is 5.88 Å². The van der Waals surface area contributed by atoms with Crippen LogP contribution in [-0.2, 0) is 4.79 Å². The van der Waals surface area contributed by atoms with E-state index in [4.69, 9.17) is 33.7 Å². The van der Waals surface area contributed by atoms with Crippen molar-refractivity contribution >= 4 is 34.8 Å². The third-order valence-corrected chi connectivity index (χ3v) is 2.84. The number of hydrogen-bond donors (Lipinski definition) is 2. The van der Waals surface area contributed by atoms with Crippen LogP contribution < -0.4 is 15.8 Å². The van der Waals surface area contributed by atoms with Gasteiger partial charge in [0.25, 0.3) is 5.91 Å². The maximum absolute atomic E-state index is 11.4. The highest BCUT2D eigenvalue weighted by Crippen LogP contribution is 2.32. The van der Waals surface area contributed by atoms with Crippen LogP contribution in [0.15, 0.2) is 6.20 Å². The van der Waals surface area contributed by atoms with Crippen LogP contribution in [0.3, 0.4) is 0 Å². The predicted molar refractivity (Wildman–Crippen MR) is 72.1 cm³/mol. The topological polar surface area (TPSA) is 77.2 Å². The number of hydrogen-bond acceptors (Lipinski definition) is 4. The first kappa shape index (κ1) is 14.9. The number of unbranched alkanes of at least 4 members (excludes halogenated alkanes) is 1. The number of anilines is 1. The summed E-state index contributed by atoms with van der Waals surface area (Å²) in [6, 6.07) is 0. The first-order chi connectivity index (χ1) is 8.56. The summed E-state index contributed by atoms with van der Waals surface area (Å²) in [5.41, 5.74) is 5.79. The highest BCUT2D eigenvalue weighted by Gasteiger charge is 2.11. The number of nitrogens with zero attached hydrogens (tertiary/aromatic N) is 1. The summed E-state index contributed by atoms with van der Waals surface area (Å²) >= 11 is 11.6. The molecular formula is C11H15Cl2N3O2. The zero-order chi connectivity index (χ0) is 13.5. The van der Waals surface area contributed by atoms with Gasteiger partial charge < -0.3 is 15.8 Å². The number of carbonyl (C=O) groups is 1. The molecule has 1 rings (SSSR count). The number of nitrogens with one attached hydrogen (secondary N) is 1. The van der Waals surface area contributed by atoms with Gasteiger partial charge >= 0.3 is 0 Å². The molecule has 0 unspecified atom stereocenters. The van der Waals surface area contributed by atoms with E-state index in [9.17, 15) is 4.79 Å². The third kappa shape index (κ3) is 4.23. The lowest BCUT2D eigenvalue weighted by Crippen LogP contribution is -2.29. The lowest BCUT2D eigenvalue weighted by atomic mass is 10.3. The van der Waals surface area contributed by atoms with Crippen molar-refractivity contribution < 1.29 is 9.53 Å². The Morgan fingerprint density at radius 2 is 2.28 bits per heavy atom. The molecule has 0 aromatic carbocycles. The molecule has 1 heterocycles. The smallest absolute Gasteiger partial charge is 0.258 e. The first-order valence-corrected chi connectivity index (χ1v) is 6.30. The zero-order valence-electron chi connectivity index (χ0n) is 10.0. The van der Waals surface area contributed by atoms with Crippen LogP contribution in [0.1, 0.15) is 19.8 Å². The second kappa shape index (κ2) is 7.28. The molecule has 18 heavy (non-hydrogen) atoms. The van der Waals surface area contributed by atoms with E-state index in [0.29, 0.717) is 6.54 Å². The molecule has 5 nitrogen and oxygen atoms in total. The van der Waals surface area contributed by atoms with E-state index in [2.05, 4.69) is 10.3 Å². The third-order valence-electron chi connectivity index (χ3n) is 2.17. The summed E-state index contributed by atoms with van der Waals surface area (Å²) in [5.74, 6) is -0.126. The molecule has 0 spiro atoms. The van der Waals surface area contributed by atoms with Crippen LogP contribution in [0.2, 0.25) is 10.0 Å². The minimum Gasteiger partial charge on any atom is -0.466 e. The molecule has 0 bridgehead atoms. The normalized spacial score (nSPS) is 10.2. The molecule has 3 N–H and O–H groups in total. The van der Waals surface area contributed by atoms with E-state index in [0.717, 1.165) is 12.8 Å². The minimum absolute atomic E-state index is 0.101. The van der Waals surface area contributed by atoms with Gasteiger partial charge in [-0.1, -0.05) is 36.5 Å². The number of aromatic nitrogens is 1. The van der Waals surface area contributed by atoms with E-state index in [1.807, 2.05) is 6.92 Å². The SMILES string of the molecule is CCCCNC(=O)COc1ncc(Cl)c(N)c1Cl. The Morgan fingerprint density at radius 1 is 1.56 bits per heavy atom. The monoisotopic (exact) mass is 291 g/mol. The fourth-order valence-corrected chi connectivity index (χ4v) is 1.55. The van der Waals surface area contributed by atoms with E-state index in [-0.39, 0.29) is 34.1 Å². The number of carbonyl (C=O) groups excluding carboxylic acids is 1. The Hall–Kier alpha value is -1.20.